The van der Waals surface area contributed by atoms with E-state index >= 15 is 0 Å². The van der Waals surface area contributed by atoms with Crippen LogP contribution in [-0.4, -0.2) is 26.7 Å². The molecule has 0 fully saturated rings. The zero-order chi connectivity index (χ0) is 15.2. The van der Waals surface area contributed by atoms with E-state index < -0.39 is 20.7 Å². The predicted octanol–water partition coefficient (Wildman–Crippen LogP) is 1.48. The maximum atomic E-state index is 13.6. The third-order valence-corrected chi connectivity index (χ3v) is 4.50. The molecule has 20 heavy (non-hydrogen) atoms. The number of anilines is 1. The molecule has 1 unspecified atom stereocenters. The number of halogens is 1. The van der Waals surface area contributed by atoms with Crippen LogP contribution in [0, 0.1) is 11.7 Å². The van der Waals surface area contributed by atoms with Crippen LogP contribution in [-0.2, 0) is 10.0 Å². The highest BCUT2D eigenvalue weighted by Crippen LogP contribution is 2.18. The number of sulfonamides is 1. The van der Waals surface area contributed by atoms with Gasteiger partial charge in [0.2, 0.25) is 10.0 Å². The van der Waals surface area contributed by atoms with Gasteiger partial charge in [-0.05, 0) is 37.0 Å². The van der Waals surface area contributed by atoms with Gasteiger partial charge in [-0.3, -0.25) is 0 Å². The van der Waals surface area contributed by atoms with Crippen molar-refractivity contribution in [3.8, 4) is 0 Å². The average molecular weight is 304 g/mol. The van der Waals surface area contributed by atoms with Crippen LogP contribution < -0.4 is 10.5 Å². The van der Waals surface area contributed by atoms with Crippen LogP contribution in [0.2, 0.25) is 0 Å². The van der Waals surface area contributed by atoms with Crippen molar-refractivity contribution in [2.45, 2.75) is 31.1 Å². The van der Waals surface area contributed by atoms with E-state index in [0.717, 1.165) is 25.0 Å². The van der Waals surface area contributed by atoms with E-state index in [1.165, 1.54) is 6.07 Å². The Labute approximate surface area is 119 Å². The normalized spacial score (nSPS) is 13.3. The van der Waals surface area contributed by atoms with Crippen LogP contribution in [0.15, 0.2) is 23.1 Å². The smallest absolute Gasteiger partial charge is 0.243 e. The lowest BCUT2D eigenvalue weighted by atomic mass is 10.0. The maximum absolute atomic E-state index is 13.6. The molecule has 1 aromatic carbocycles. The molecule has 1 rings (SSSR count). The van der Waals surface area contributed by atoms with Gasteiger partial charge in [-0.1, -0.05) is 13.3 Å². The van der Waals surface area contributed by atoms with Crippen LogP contribution in [0.1, 0.15) is 26.2 Å². The fraction of sp³-hybridized carbons (Fsp3) is 0.538. The number of aliphatic hydroxyl groups excluding tert-OH is 1. The Balaban J connectivity index is 2.78. The highest BCUT2D eigenvalue weighted by atomic mass is 32.2. The molecule has 0 aliphatic heterocycles. The summed E-state index contributed by atoms with van der Waals surface area (Å²) >= 11 is 0. The molecule has 4 N–H and O–H groups in total. The molecular formula is C13H21FN2O3S. The molecule has 0 radical (unpaired) electrons. The molecule has 0 heterocycles. The van der Waals surface area contributed by atoms with Gasteiger partial charge in [0.05, 0.1) is 0 Å². The summed E-state index contributed by atoms with van der Waals surface area (Å²) in [7, 11) is -3.90. The van der Waals surface area contributed by atoms with E-state index in [-0.39, 0.29) is 24.8 Å². The van der Waals surface area contributed by atoms with Gasteiger partial charge in [0.1, 0.15) is 10.7 Å². The quantitative estimate of drug-likeness (QED) is 0.634. The van der Waals surface area contributed by atoms with E-state index in [2.05, 4.69) is 4.72 Å². The standard InChI is InChI=1S/C13H21FN2O3S/c1-2-3-10(6-7-17)9-16-20(18,19)13-5-4-11(15)8-12(13)14/h4-5,8,10,16-17H,2-3,6-7,9,15H2,1H3. The van der Waals surface area contributed by atoms with E-state index in [4.69, 9.17) is 10.8 Å². The van der Waals surface area contributed by atoms with Crippen molar-refractivity contribution >= 4 is 15.7 Å². The topological polar surface area (TPSA) is 92.4 Å². The minimum atomic E-state index is -3.90. The van der Waals surface area contributed by atoms with Crippen molar-refractivity contribution in [1.29, 1.82) is 0 Å². The number of hydrogen-bond donors (Lipinski definition) is 3. The molecular weight excluding hydrogens is 283 g/mol. The zero-order valence-electron chi connectivity index (χ0n) is 11.5. The summed E-state index contributed by atoms with van der Waals surface area (Å²) in [5, 5.41) is 8.93. The molecule has 1 atom stereocenters. The number of nitrogens with one attached hydrogen (secondary N) is 1. The van der Waals surface area contributed by atoms with Crippen molar-refractivity contribution in [1.82, 2.24) is 4.72 Å². The minimum Gasteiger partial charge on any atom is -0.399 e. The predicted molar refractivity (Wildman–Crippen MR) is 76.1 cm³/mol. The van der Waals surface area contributed by atoms with Gasteiger partial charge in [-0.25, -0.2) is 17.5 Å². The number of rotatable bonds is 8. The largest absolute Gasteiger partial charge is 0.399 e. The Kier molecular flexibility index (Phi) is 6.38. The van der Waals surface area contributed by atoms with Crippen molar-refractivity contribution in [2.24, 2.45) is 5.92 Å². The van der Waals surface area contributed by atoms with Gasteiger partial charge >= 0.3 is 0 Å². The van der Waals surface area contributed by atoms with Crippen molar-refractivity contribution in [2.75, 3.05) is 18.9 Å². The molecule has 0 aliphatic carbocycles. The molecule has 114 valence electrons. The van der Waals surface area contributed by atoms with Crippen LogP contribution >= 0.6 is 0 Å². The molecule has 0 amide bonds. The van der Waals surface area contributed by atoms with Crippen LogP contribution in [0.5, 0.6) is 0 Å². The third kappa shape index (κ3) is 4.73. The highest BCUT2D eigenvalue weighted by Gasteiger charge is 2.20. The Morgan fingerprint density at radius 1 is 1.40 bits per heavy atom. The molecule has 5 nitrogen and oxygen atoms in total. The second-order valence-corrected chi connectivity index (χ2v) is 6.44. The van der Waals surface area contributed by atoms with Gasteiger partial charge in [0, 0.05) is 18.8 Å². The van der Waals surface area contributed by atoms with Gasteiger partial charge < -0.3 is 10.8 Å². The lowest BCUT2D eigenvalue weighted by Crippen LogP contribution is -2.30. The molecule has 0 saturated heterocycles. The summed E-state index contributed by atoms with van der Waals surface area (Å²) in [5.41, 5.74) is 5.56. The summed E-state index contributed by atoms with van der Waals surface area (Å²) in [6.07, 6.45) is 2.20. The van der Waals surface area contributed by atoms with E-state index in [1.54, 1.807) is 0 Å². The van der Waals surface area contributed by atoms with Gasteiger partial charge in [0.25, 0.3) is 0 Å². The second-order valence-electron chi connectivity index (χ2n) is 4.71. The van der Waals surface area contributed by atoms with E-state index in [1.807, 2.05) is 6.92 Å². The van der Waals surface area contributed by atoms with Crippen LogP contribution in [0.4, 0.5) is 10.1 Å². The fourth-order valence-corrected chi connectivity index (χ4v) is 3.15. The van der Waals surface area contributed by atoms with Crippen molar-refractivity contribution < 1.29 is 17.9 Å². The molecule has 1 aromatic rings. The van der Waals surface area contributed by atoms with E-state index in [0.29, 0.717) is 6.42 Å². The van der Waals surface area contributed by atoms with E-state index in [9.17, 15) is 12.8 Å². The monoisotopic (exact) mass is 304 g/mol. The number of nitrogen functional groups attached to an aromatic ring is 1. The van der Waals surface area contributed by atoms with Gasteiger partial charge in [-0.2, -0.15) is 0 Å². The Morgan fingerprint density at radius 2 is 2.10 bits per heavy atom. The van der Waals surface area contributed by atoms with Crippen LogP contribution in [0.3, 0.4) is 0 Å². The Bertz CT molecular complexity index is 528. The molecule has 0 spiro atoms. The molecule has 0 aromatic heterocycles. The van der Waals surface area contributed by atoms with Crippen LogP contribution in [0.25, 0.3) is 0 Å². The summed E-state index contributed by atoms with van der Waals surface area (Å²) < 4.78 is 40.1. The molecule has 0 aliphatic rings. The summed E-state index contributed by atoms with van der Waals surface area (Å²) in [6, 6.07) is 3.47. The third-order valence-electron chi connectivity index (χ3n) is 3.04. The molecule has 0 saturated carbocycles. The lowest BCUT2D eigenvalue weighted by Gasteiger charge is -2.16. The number of nitrogens with two attached hydrogens (primary N) is 1. The summed E-state index contributed by atoms with van der Waals surface area (Å²) in [4.78, 5) is -0.411. The second kappa shape index (κ2) is 7.56. The maximum Gasteiger partial charge on any atom is 0.243 e. The van der Waals surface area contributed by atoms with Gasteiger partial charge in [-0.15, -0.1) is 0 Å². The Morgan fingerprint density at radius 3 is 2.65 bits per heavy atom. The highest BCUT2D eigenvalue weighted by molar-refractivity contribution is 7.89. The minimum absolute atomic E-state index is 0.00261. The number of aliphatic hydroxyl groups is 1. The van der Waals surface area contributed by atoms with Crippen molar-refractivity contribution in [3.63, 3.8) is 0 Å². The SMILES string of the molecule is CCCC(CCO)CNS(=O)(=O)c1ccc(N)cc1F. The first-order valence-corrected chi connectivity index (χ1v) is 8.04. The van der Waals surface area contributed by atoms with Gasteiger partial charge in [0.15, 0.2) is 0 Å². The lowest BCUT2D eigenvalue weighted by molar-refractivity contribution is 0.251. The van der Waals surface area contributed by atoms with Crippen molar-refractivity contribution in [3.05, 3.63) is 24.0 Å². The summed E-state index contributed by atoms with van der Waals surface area (Å²) in [6.45, 7) is 2.17. The first-order chi connectivity index (χ1) is 9.40. The summed E-state index contributed by atoms with van der Waals surface area (Å²) in [5.74, 6) is -0.830. The first kappa shape index (κ1) is 16.9. The molecule has 0 bridgehead atoms. The Hall–Kier alpha value is -1.18. The fourth-order valence-electron chi connectivity index (χ4n) is 1.98. The zero-order valence-corrected chi connectivity index (χ0v) is 12.3. The number of benzene rings is 1. The number of hydrogen-bond acceptors (Lipinski definition) is 4. The first-order valence-electron chi connectivity index (χ1n) is 6.56. The molecule has 7 heteroatoms. The average Bonchev–Trinajstić information content (AvgIpc) is 2.36.